The summed E-state index contributed by atoms with van der Waals surface area (Å²) in [5.41, 5.74) is 2.44. The fraction of sp³-hybridized carbons (Fsp3) is 0.294. The molecule has 1 aromatic carbocycles. The Kier molecular flexibility index (Phi) is 3.74. The van der Waals surface area contributed by atoms with Gasteiger partial charge >= 0.3 is 0 Å². The van der Waals surface area contributed by atoms with Gasteiger partial charge in [0.05, 0.1) is 5.39 Å². The molecular weight excluding hydrogens is 292 g/mol. The van der Waals surface area contributed by atoms with Gasteiger partial charge in [0, 0.05) is 17.0 Å². The van der Waals surface area contributed by atoms with Crippen LogP contribution in [0.3, 0.4) is 0 Å². The fourth-order valence-electron chi connectivity index (χ4n) is 2.97. The third-order valence-electron chi connectivity index (χ3n) is 4.14. The van der Waals surface area contributed by atoms with Crippen LogP contribution in [0.5, 0.6) is 0 Å². The minimum absolute atomic E-state index is 0.489. The van der Waals surface area contributed by atoms with Gasteiger partial charge in [-0.1, -0.05) is 30.3 Å². The van der Waals surface area contributed by atoms with Crippen molar-refractivity contribution in [1.29, 1.82) is 0 Å². The number of rotatable bonds is 3. The number of anilines is 1. The minimum atomic E-state index is 0.489. The number of fused-ring (bicyclic) bond motifs is 1. The molecule has 112 valence electrons. The molecule has 1 fully saturated rings. The van der Waals surface area contributed by atoms with E-state index in [1.54, 1.807) is 17.7 Å². The number of hydrogen-bond acceptors (Lipinski definition) is 5. The molecule has 0 amide bonds. The molecule has 5 heteroatoms. The van der Waals surface area contributed by atoms with Crippen LogP contribution >= 0.6 is 11.3 Å². The van der Waals surface area contributed by atoms with Gasteiger partial charge in [-0.25, -0.2) is 9.97 Å². The molecule has 0 spiro atoms. The summed E-state index contributed by atoms with van der Waals surface area (Å²) in [6.07, 6.45) is 3.93. The number of nitrogens with zero attached hydrogens (tertiary/aromatic N) is 2. The zero-order valence-corrected chi connectivity index (χ0v) is 13.1. The third kappa shape index (κ3) is 2.58. The van der Waals surface area contributed by atoms with E-state index in [0.717, 1.165) is 42.0 Å². The van der Waals surface area contributed by atoms with Crippen LogP contribution < -0.4 is 10.6 Å². The first-order chi connectivity index (χ1) is 10.9. The van der Waals surface area contributed by atoms with Crippen molar-refractivity contribution in [2.75, 3.05) is 18.4 Å². The van der Waals surface area contributed by atoms with Gasteiger partial charge in [0.15, 0.2) is 0 Å². The highest BCUT2D eigenvalue weighted by Crippen LogP contribution is 2.36. The molecule has 2 aromatic heterocycles. The van der Waals surface area contributed by atoms with Crippen LogP contribution in [-0.2, 0) is 0 Å². The summed E-state index contributed by atoms with van der Waals surface area (Å²) < 4.78 is 0. The predicted molar refractivity (Wildman–Crippen MR) is 92.4 cm³/mol. The number of aromatic nitrogens is 2. The molecule has 0 saturated carbocycles. The smallest absolute Gasteiger partial charge is 0.139 e. The van der Waals surface area contributed by atoms with Crippen molar-refractivity contribution in [2.45, 2.75) is 18.9 Å². The molecule has 1 saturated heterocycles. The highest BCUT2D eigenvalue weighted by molar-refractivity contribution is 7.17. The Morgan fingerprint density at radius 3 is 2.73 bits per heavy atom. The summed E-state index contributed by atoms with van der Waals surface area (Å²) >= 11 is 1.68. The van der Waals surface area contributed by atoms with E-state index in [1.807, 2.05) is 6.07 Å². The van der Waals surface area contributed by atoms with E-state index in [-0.39, 0.29) is 0 Å². The summed E-state index contributed by atoms with van der Waals surface area (Å²) in [4.78, 5) is 10.0. The summed E-state index contributed by atoms with van der Waals surface area (Å²) in [6, 6.07) is 11.0. The molecule has 0 aliphatic carbocycles. The molecular formula is C17H18N4S. The summed E-state index contributed by atoms with van der Waals surface area (Å²) in [7, 11) is 0. The second-order valence-corrected chi connectivity index (χ2v) is 6.44. The van der Waals surface area contributed by atoms with E-state index in [1.165, 1.54) is 11.1 Å². The molecule has 1 aliphatic rings. The molecule has 22 heavy (non-hydrogen) atoms. The molecule has 0 unspecified atom stereocenters. The zero-order valence-electron chi connectivity index (χ0n) is 12.2. The van der Waals surface area contributed by atoms with Crippen molar-refractivity contribution in [3.8, 4) is 11.1 Å². The lowest BCUT2D eigenvalue weighted by molar-refractivity contribution is 0.478. The maximum absolute atomic E-state index is 4.52. The Bertz CT molecular complexity index is 763. The van der Waals surface area contributed by atoms with E-state index in [9.17, 15) is 0 Å². The molecule has 0 radical (unpaired) electrons. The second kappa shape index (κ2) is 6.02. The molecule has 0 atom stereocenters. The topological polar surface area (TPSA) is 49.8 Å². The fourth-order valence-corrected chi connectivity index (χ4v) is 3.89. The van der Waals surface area contributed by atoms with Crippen LogP contribution in [0, 0.1) is 0 Å². The van der Waals surface area contributed by atoms with E-state index in [2.05, 4.69) is 50.2 Å². The lowest BCUT2D eigenvalue weighted by atomic mass is 10.0. The molecule has 1 aliphatic heterocycles. The number of nitrogens with one attached hydrogen (secondary N) is 2. The number of piperidine rings is 1. The molecule has 3 aromatic rings. The average molecular weight is 310 g/mol. The lowest BCUT2D eigenvalue weighted by Crippen LogP contribution is -2.35. The Morgan fingerprint density at radius 1 is 1.09 bits per heavy atom. The van der Waals surface area contributed by atoms with Crippen molar-refractivity contribution in [3.63, 3.8) is 0 Å². The average Bonchev–Trinajstić information content (AvgIpc) is 3.02. The van der Waals surface area contributed by atoms with Gasteiger partial charge in [0.2, 0.25) is 0 Å². The van der Waals surface area contributed by atoms with Crippen LogP contribution in [0.25, 0.3) is 21.3 Å². The Labute approximate surface area is 133 Å². The Morgan fingerprint density at radius 2 is 1.91 bits per heavy atom. The second-order valence-electron chi connectivity index (χ2n) is 5.59. The van der Waals surface area contributed by atoms with Crippen LogP contribution in [-0.4, -0.2) is 29.1 Å². The first kappa shape index (κ1) is 13.7. The first-order valence-electron chi connectivity index (χ1n) is 7.67. The third-order valence-corrected chi connectivity index (χ3v) is 5.02. The van der Waals surface area contributed by atoms with Gasteiger partial charge < -0.3 is 10.6 Å². The van der Waals surface area contributed by atoms with Gasteiger partial charge in [-0.05, 0) is 31.5 Å². The molecule has 3 heterocycles. The Balaban J connectivity index is 1.76. The van der Waals surface area contributed by atoms with Crippen LogP contribution in [0.1, 0.15) is 12.8 Å². The molecule has 2 N–H and O–H groups in total. The number of benzene rings is 1. The summed E-state index contributed by atoms with van der Waals surface area (Å²) in [5, 5.41) is 10.4. The molecule has 4 rings (SSSR count). The summed E-state index contributed by atoms with van der Waals surface area (Å²) in [6.45, 7) is 2.14. The van der Waals surface area contributed by atoms with E-state index >= 15 is 0 Å². The van der Waals surface area contributed by atoms with Crippen molar-refractivity contribution in [3.05, 3.63) is 42.0 Å². The van der Waals surface area contributed by atoms with E-state index in [0.29, 0.717) is 6.04 Å². The Hall–Kier alpha value is -1.98. The van der Waals surface area contributed by atoms with Gasteiger partial charge in [0.25, 0.3) is 0 Å². The van der Waals surface area contributed by atoms with Crippen molar-refractivity contribution in [2.24, 2.45) is 0 Å². The van der Waals surface area contributed by atoms with Gasteiger partial charge in [-0.15, -0.1) is 11.3 Å². The number of thiophene rings is 1. The predicted octanol–water partition coefficient (Wildman–Crippen LogP) is 3.52. The van der Waals surface area contributed by atoms with Crippen molar-refractivity contribution >= 4 is 27.4 Å². The standard InChI is InChI=1S/C17H18N4S/c1-2-4-12(5-3-1)14-10-22-17-15(14)16(19-11-20-17)21-13-6-8-18-9-7-13/h1-5,10-11,13,18H,6-9H2,(H,19,20,21). The first-order valence-corrected chi connectivity index (χ1v) is 8.54. The van der Waals surface area contributed by atoms with Crippen LogP contribution in [0.15, 0.2) is 42.0 Å². The van der Waals surface area contributed by atoms with Gasteiger partial charge in [-0.3, -0.25) is 0 Å². The van der Waals surface area contributed by atoms with E-state index in [4.69, 9.17) is 0 Å². The quantitative estimate of drug-likeness (QED) is 0.777. The van der Waals surface area contributed by atoms with Crippen LogP contribution in [0.2, 0.25) is 0 Å². The SMILES string of the molecule is c1ccc(-c2csc3ncnc(NC4CCNCC4)c23)cc1. The van der Waals surface area contributed by atoms with Crippen molar-refractivity contribution in [1.82, 2.24) is 15.3 Å². The molecule has 0 bridgehead atoms. The highest BCUT2D eigenvalue weighted by atomic mass is 32.1. The zero-order chi connectivity index (χ0) is 14.8. The maximum Gasteiger partial charge on any atom is 0.139 e. The normalized spacial score (nSPS) is 16.0. The molecule has 4 nitrogen and oxygen atoms in total. The maximum atomic E-state index is 4.52. The van der Waals surface area contributed by atoms with E-state index < -0.39 is 0 Å². The largest absolute Gasteiger partial charge is 0.367 e. The van der Waals surface area contributed by atoms with Crippen LogP contribution in [0.4, 0.5) is 5.82 Å². The number of hydrogen-bond donors (Lipinski definition) is 2. The summed E-state index contributed by atoms with van der Waals surface area (Å²) in [5.74, 6) is 0.969. The van der Waals surface area contributed by atoms with Gasteiger partial charge in [-0.2, -0.15) is 0 Å². The lowest BCUT2D eigenvalue weighted by Gasteiger charge is -2.24. The minimum Gasteiger partial charge on any atom is -0.367 e. The van der Waals surface area contributed by atoms with Gasteiger partial charge in [0.1, 0.15) is 17.0 Å². The monoisotopic (exact) mass is 310 g/mol. The highest BCUT2D eigenvalue weighted by Gasteiger charge is 2.17. The van der Waals surface area contributed by atoms with Crippen molar-refractivity contribution < 1.29 is 0 Å².